The topological polar surface area (TPSA) is 72.4 Å². The summed E-state index contributed by atoms with van der Waals surface area (Å²) >= 11 is 0. The van der Waals surface area contributed by atoms with E-state index in [-0.39, 0.29) is 18.1 Å². The maximum absolute atomic E-state index is 13.4. The van der Waals surface area contributed by atoms with Crippen molar-refractivity contribution in [2.75, 3.05) is 13.2 Å². The van der Waals surface area contributed by atoms with Crippen LogP contribution in [0.15, 0.2) is 24.5 Å². The highest BCUT2D eigenvalue weighted by molar-refractivity contribution is 6.09. The van der Waals surface area contributed by atoms with Crippen LogP contribution in [0, 0.1) is 6.92 Å². The Morgan fingerprint density at radius 3 is 2.63 bits per heavy atom. The van der Waals surface area contributed by atoms with E-state index in [1.54, 1.807) is 32.3 Å². The highest BCUT2D eigenvalue weighted by Gasteiger charge is 2.41. The van der Waals surface area contributed by atoms with Gasteiger partial charge in [-0.2, -0.15) is 0 Å². The molecule has 0 atom stereocenters. The van der Waals surface area contributed by atoms with Crippen LogP contribution in [0.1, 0.15) is 59.8 Å². The van der Waals surface area contributed by atoms with Crippen LogP contribution in [0.5, 0.6) is 0 Å². The summed E-state index contributed by atoms with van der Waals surface area (Å²) in [4.78, 5) is 36.8. The first-order valence-corrected chi connectivity index (χ1v) is 9.24. The van der Waals surface area contributed by atoms with Crippen LogP contribution < -0.4 is 0 Å². The molecule has 1 amide bonds. The van der Waals surface area contributed by atoms with Crippen LogP contribution in [-0.4, -0.2) is 45.4 Å². The molecule has 3 heterocycles. The molecule has 0 unspecified atom stereocenters. The van der Waals surface area contributed by atoms with E-state index in [9.17, 15) is 9.59 Å². The standard InChI is InChI=1S/C21H25N3O3/c1-6-24-19(25)18-15(11-21(24,4)5)23-13(3)16(20(26)27-7-2)17(18)14-9-8-10-22-12-14/h8-10,12H,6-7,11H2,1-5H3. The Hall–Kier alpha value is -2.76. The summed E-state index contributed by atoms with van der Waals surface area (Å²) in [6, 6.07) is 3.65. The second kappa shape index (κ2) is 7.10. The molecule has 0 bridgehead atoms. The van der Waals surface area contributed by atoms with Gasteiger partial charge in [0.2, 0.25) is 0 Å². The van der Waals surface area contributed by atoms with E-state index in [4.69, 9.17) is 4.74 Å². The molecule has 1 aliphatic heterocycles. The molecule has 142 valence electrons. The number of aryl methyl sites for hydroxylation is 1. The number of nitrogens with zero attached hydrogens (tertiary/aromatic N) is 3. The van der Waals surface area contributed by atoms with Crippen molar-refractivity contribution in [3.05, 3.63) is 47.0 Å². The van der Waals surface area contributed by atoms with Crippen molar-refractivity contribution in [1.82, 2.24) is 14.9 Å². The van der Waals surface area contributed by atoms with Crippen LogP contribution in [-0.2, 0) is 11.2 Å². The van der Waals surface area contributed by atoms with Gasteiger partial charge in [0, 0.05) is 42.0 Å². The molecule has 0 aromatic carbocycles. The van der Waals surface area contributed by atoms with E-state index >= 15 is 0 Å². The summed E-state index contributed by atoms with van der Waals surface area (Å²) < 4.78 is 5.27. The molecular formula is C21H25N3O3. The van der Waals surface area contributed by atoms with Gasteiger partial charge in [0.05, 0.1) is 29.1 Å². The number of aromatic nitrogens is 2. The maximum Gasteiger partial charge on any atom is 0.340 e. The van der Waals surface area contributed by atoms with Crippen molar-refractivity contribution < 1.29 is 14.3 Å². The number of fused-ring (bicyclic) bond motifs is 1. The lowest BCUT2D eigenvalue weighted by Crippen LogP contribution is -2.53. The molecule has 6 heteroatoms. The molecule has 0 fully saturated rings. The zero-order chi connectivity index (χ0) is 19.8. The number of hydrogen-bond acceptors (Lipinski definition) is 5. The first-order chi connectivity index (χ1) is 12.8. The Kier molecular flexibility index (Phi) is 5.00. The summed E-state index contributed by atoms with van der Waals surface area (Å²) in [5.74, 6) is -0.578. The van der Waals surface area contributed by atoms with E-state index in [1.165, 1.54) is 0 Å². The Labute approximate surface area is 159 Å². The number of hydrogen-bond donors (Lipinski definition) is 0. The van der Waals surface area contributed by atoms with Crippen LogP contribution in [0.4, 0.5) is 0 Å². The first-order valence-electron chi connectivity index (χ1n) is 9.24. The molecule has 0 N–H and O–H groups in total. The van der Waals surface area contributed by atoms with Gasteiger partial charge in [-0.15, -0.1) is 0 Å². The lowest BCUT2D eigenvalue weighted by molar-refractivity contribution is 0.0520. The average Bonchev–Trinajstić information content (AvgIpc) is 2.61. The minimum atomic E-state index is -0.468. The minimum absolute atomic E-state index is 0.111. The number of carbonyl (C=O) groups excluding carboxylic acids is 2. The number of rotatable bonds is 4. The first kappa shape index (κ1) is 19.0. The molecule has 0 aliphatic carbocycles. The number of amides is 1. The van der Waals surface area contributed by atoms with Gasteiger partial charge in [0.1, 0.15) is 0 Å². The van der Waals surface area contributed by atoms with E-state index in [2.05, 4.69) is 9.97 Å². The Balaban J connectivity index is 2.36. The summed E-state index contributed by atoms with van der Waals surface area (Å²) in [5.41, 5.74) is 3.06. The molecule has 2 aromatic heterocycles. The third-order valence-corrected chi connectivity index (χ3v) is 4.99. The zero-order valence-electron chi connectivity index (χ0n) is 16.5. The van der Waals surface area contributed by atoms with Crippen molar-refractivity contribution in [2.24, 2.45) is 0 Å². The lowest BCUT2D eigenvalue weighted by atomic mass is 9.83. The summed E-state index contributed by atoms with van der Waals surface area (Å²) in [5, 5.41) is 0. The molecule has 3 rings (SSSR count). The molecule has 0 radical (unpaired) electrons. The molecule has 0 saturated carbocycles. The highest BCUT2D eigenvalue weighted by Crippen LogP contribution is 2.38. The summed E-state index contributed by atoms with van der Waals surface area (Å²) in [6.07, 6.45) is 3.96. The number of carbonyl (C=O) groups is 2. The van der Waals surface area contributed by atoms with Crippen molar-refractivity contribution >= 4 is 11.9 Å². The van der Waals surface area contributed by atoms with Gasteiger partial charge in [-0.1, -0.05) is 6.07 Å². The Bertz CT molecular complexity index is 891. The monoisotopic (exact) mass is 367 g/mol. The largest absolute Gasteiger partial charge is 0.462 e. The Morgan fingerprint density at radius 1 is 1.30 bits per heavy atom. The normalized spacial score (nSPS) is 15.4. The van der Waals surface area contributed by atoms with Crippen molar-refractivity contribution in [2.45, 2.75) is 46.6 Å². The molecule has 6 nitrogen and oxygen atoms in total. The molecule has 27 heavy (non-hydrogen) atoms. The lowest BCUT2D eigenvalue weighted by Gasteiger charge is -2.43. The molecule has 0 saturated heterocycles. The third kappa shape index (κ3) is 3.20. The van der Waals surface area contributed by atoms with E-state index in [0.717, 1.165) is 5.69 Å². The number of esters is 1. The number of ether oxygens (including phenoxy) is 1. The van der Waals surface area contributed by atoms with E-state index < -0.39 is 5.97 Å². The highest BCUT2D eigenvalue weighted by atomic mass is 16.5. The zero-order valence-corrected chi connectivity index (χ0v) is 16.5. The van der Waals surface area contributed by atoms with Gasteiger partial charge >= 0.3 is 5.97 Å². The quantitative estimate of drug-likeness (QED) is 0.774. The molecule has 1 aliphatic rings. The van der Waals surface area contributed by atoms with Gasteiger partial charge < -0.3 is 9.64 Å². The van der Waals surface area contributed by atoms with E-state index in [0.29, 0.717) is 40.9 Å². The van der Waals surface area contributed by atoms with Crippen molar-refractivity contribution in [3.63, 3.8) is 0 Å². The SMILES string of the molecule is CCOC(=O)c1c(C)nc2c(c1-c1cccnc1)C(=O)N(CC)C(C)(C)C2. The number of pyridine rings is 2. The van der Waals surface area contributed by atoms with Gasteiger partial charge in [-0.3, -0.25) is 14.8 Å². The van der Waals surface area contributed by atoms with Gasteiger partial charge in [-0.25, -0.2) is 4.79 Å². The molecule has 2 aromatic rings. The third-order valence-electron chi connectivity index (χ3n) is 4.99. The van der Waals surface area contributed by atoms with Crippen LogP contribution in [0.2, 0.25) is 0 Å². The second-order valence-corrected chi connectivity index (χ2v) is 7.27. The average molecular weight is 367 g/mol. The van der Waals surface area contributed by atoms with Crippen LogP contribution in [0.25, 0.3) is 11.1 Å². The van der Waals surface area contributed by atoms with Gasteiger partial charge in [0.25, 0.3) is 5.91 Å². The van der Waals surface area contributed by atoms with E-state index in [1.807, 2.05) is 31.7 Å². The van der Waals surface area contributed by atoms with Crippen LogP contribution in [0.3, 0.4) is 0 Å². The second-order valence-electron chi connectivity index (χ2n) is 7.27. The predicted octanol–water partition coefficient (Wildman–Crippen LogP) is 3.43. The van der Waals surface area contributed by atoms with Crippen molar-refractivity contribution in [3.8, 4) is 11.1 Å². The number of likely N-dealkylation sites (N-methyl/N-ethyl adjacent to an activating group) is 1. The Morgan fingerprint density at radius 2 is 2.04 bits per heavy atom. The van der Waals surface area contributed by atoms with Crippen LogP contribution >= 0.6 is 0 Å². The predicted molar refractivity (Wildman–Crippen MR) is 103 cm³/mol. The fourth-order valence-electron chi connectivity index (χ4n) is 3.86. The van der Waals surface area contributed by atoms with Crippen molar-refractivity contribution in [1.29, 1.82) is 0 Å². The summed E-state index contributed by atoms with van der Waals surface area (Å²) in [7, 11) is 0. The van der Waals surface area contributed by atoms with Gasteiger partial charge in [0.15, 0.2) is 0 Å². The molecule has 0 spiro atoms. The fourth-order valence-corrected chi connectivity index (χ4v) is 3.86. The van der Waals surface area contributed by atoms with Gasteiger partial charge in [-0.05, 0) is 40.7 Å². The minimum Gasteiger partial charge on any atom is -0.462 e. The molecular weight excluding hydrogens is 342 g/mol. The summed E-state index contributed by atoms with van der Waals surface area (Å²) in [6.45, 7) is 10.4. The maximum atomic E-state index is 13.4. The fraction of sp³-hybridized carbons (Fsp3) is 0.429. The smallest absolute Gasteiger partial charge is 0.340 e.